The van der Waals surface area contributed by atoms with E-state index in [0.717, 1.165) is 5.56 Å². The molecule has 0 aromatic heterocycles. The van der Waals surface area contributed by atoms with Gasteiger partial charge in [0, 0.05) is 19.0 Å². The van der Waals surface area contributed by atoms with Gasteiger partial charge in [-0.05, 0) is 5.56 Å². The van der Waals surface area contributed by atoms with Crippen molar-refractivity contribution in [2.75, 3.05) is 11.5 Å². The summed E-state index contributed by atoms with van der Waals surface area (Å²) in [4.78, 5) is 11.5. The standard InChI is InChI=1S/C14H20N2O3S/c1-2-14(17)16-13-10-20(18,19)9-12(13)15-8-11-6-4-3-5-7-11/h3-7,12-13,15H,2,8-10H2,1H3,(H,16,17)/t12-,13-/m1/s1. The molecule has 1 fully saturated rings. The molecule has 0 unspecified atom stereocenters. The minimum Gasteiger partial charge on any atom is -0.351 e. The van der Waals surface area contributed by atoms with Gasteiger partial charge in [0.25, 0.3) is 0 Å². The second-order valence-corrected chi connectivity index (χ2v) is 7.23. The van der Waals surface area contributed by atoms with Crippen LogP contribution >= 0.6 is 0 Å². The zero-order valence-electron chi connectivity index (χ0n) is 11.5. The maximum atomic E-state index is 11.7. The third-order valence-electron chi connectivity index (χ3n) is 3.43. The van der Waals surface area contributed by atoms with Crippen LogP contribution < -0.4 is 10.6 Å². The molecule has 20 heavy (non-hydrogen) atoms. The first-order chi connectivity index (χ1) is 9.50. The summed E-state index contributed by atoms with van der Waals surface area (Å²) in [6.07, 6.45) is 0.363. The Morgan fingerprint density at radius 3 is 2.50 bits per heavy atom. The van der Waals surface area contributed by atoms with Crippen molar-refractivity contribution in [2.45, 2.75) is 32.0 Å². The lowest BCUT2D eigenvalue weighted by Crippen LogP contribution is -2.48. The molecular weight excluding hydrogens is 276 g/mol. The predicted octanol–water partition coefficient (Wildman–Crippen LogP) is 0.468. The number of hydrogen-bond acceptors (Lipinski definition) is 4. The summed E-state index contributed by atoms with van der Waals surface area (Å²) in [5, 5.41) is 6.03. The van der Waals surface area contributed by atoms with Crippen molar-refractivity contribution in [3.63, 3.8) is 0 Å². The summed E-state index contributed by atoms with van der Waals surface area (Å²) >= 11 is 0. The number of sulfone groups is 1. The second kappa shape index (κ2) is 6.37. The van der Waals surface area contributed by atoms with Gasteiger partial charge in [-0.25, -0.2) is 8.42 Å². The van der Waals surface area contributed by atoms with Gasteiger partial charge in [0.1, 0.15) is 0 Å². The molecule has 1 aromatic carbocycles. The van der Waals surface area contributed by atoms with Gasteiger partial charge >= 0.3 is 0 Å². The van der Waals surface area contributed by atoms with Gasteiger partial charge in [-0.15, -0.1) is 0 Å². The van der Waals surface area contributed by atoms with Crippen LogP contribution in [0.25, 0.3) is 0 Å². The van der Waals surface area contributed by atoms with E-state index in [1.54, 1.807) is 6.92 Å². The lowest BCUT2D eigenvalue weighted by Gasteiger charge is -2.20. The van der Waals surface area contributed by atoms with E-state index in [0.29, 0.717) is 13.0 Å². The zero-order valence-corrected chi connectivity index (χ0v) is 12.3. The number of nitrogens with one attached hydrogen (secondary N) is 2. The van der Waals surface area contributed by atoms with Gasteiger partial charge in [-0.1, -0.05) is 37.3 Å². The summed E-state index contributed by atoms with van der Waals surface area (Å²) in [5.41, 5.74) is 1.09. The van der Waals surface area contributed by atoms with E-state index in [4.69, 9.17) is 0 Å². The Kier molecular flexibility index (Phi) is 4.77. The maximum Gasteiger partial charge on any atom is 0.220 e. The monoisotopic (exact) mass is 296 g/mol. The van der Waals surface area contributed by atoms with Crippen LogP contribution in [0.5, 0.6) is 0 Å². The van der Waals surface area contributed by atoms with Gasteiger partial charge in [0.15, 0.2) is 9.84 Å². The van der Waals surface area contributed by atoms with E-state index in [1.165, 1.54) is 0 Å². The van der Waals surface area contributed by atoms with Crippen LogP contribution in [0.2, 0.25) is 0 Å². The van der Waals surface area contributed by atoms with Gasteiger partial charge in [-0.3, -0.25) is 4.79 Å². The molecule has 5 nitrogen and oxygen atoms in total. The molecule has 2 rings (SSSR count). The van der Waals surface area contributed by atoms with Crippen LogP contribution in [0.4, 0.5) is 0 Å². The van der Waals surface area contributed by atoms with Crippen LogP contribution in [-0.2, 0) is 21.2 Å². The average Bonchev–Trinajstić information content (AvgIpc) is 2.71. The van der Waals surface area contributed by atoms with Crippen LogP contribution in [0, 0.1) is 0 Å². The smallest absolute Gasteiger partial charge is 0.220 e. The van der Waals surface area contributed by atoms with E-state index in [1.807, 2.05) is 30.3 Å². The molecule has 1 saturated heterocycles. The summed E-state index contributed by atoms with van der Waals surface area (Å²) < 4.78 is 23.5. The Morgan fingerprint density at radius 1 is 1.20 bits per heavy atom. The third-order valence-corrected chi connectivity index (χ3v) is 5.17. The van der Waals surface area contributed by atoms with Crippen LogP contribution in [0.1, 0.15) is 18.9 Å². The number of amides is 1. The fourth-order valence-corrected chi connectivity index (χ4v) is 4.24. The quantitative estimate of drug-likeness (QED) is 0.828. The highest BCUT2D eigenvalue weighted by atomic mass is 32.2. The molecule has 0 aliphatic carbocycles. The Morgan fingerprint density at radius 2 is 1.85 bits per heavy atom. The SMILES string of the molecule is CCC(=O)N[C@@H]1CS(=O)(=O)C[C@H]1NCc1ccccc1. The highest BCUT2D eigenvalue weighted by molar-refractivity contribution is 7.91. The highest BCUT2D eigenvalue weighted by Crippen LogP contribution is 2.14. The van der Waals surface area contributed by atoms with E-state index in [-0.39, 0.29) is 29.5 Å². The molecule has 0 saturated carbocycles. The van der Waals surface area contributed by atoms with Gasteiger partial charge < -0.3 is 10.6 Å². The fraction of sp³-hybridized carbons (Fsp3) is 0.500. The fourth-order valence-electron chi connectivity index (χ4n) is 2.34. The first kappa shape index (κ1) is 15.0. The summed E-state index contributed by atoms with van der Waals surface area (Å²) in [6.45, 7) is 2.35. The van der Waals surface area contributed by atoms with Crippen LogP contribution in [0.3, 0.4) is 0 Å². The first-order valence-electron chi connectivity index (χ1n) is 6.77. The number of rotatable bonds is 5. The highest BCUT2D eigenvalue weighted by Gasteiger charge is 2.37. The molecule has 1 aliphatic heterocycles. The topological polar surface area (TPSA) is 75.3 Å². The van der Waals surface area contributed by atoms with E-state index in [9.17, 15) is 13.2 Å². The molecular formula is C14H20N2O3S. The molecule has 1 amide bonds. The Labute approximate surface area is 119 Å². The van der Waals surface area contributed by atoms with Crippen molar-refractivity contribution in [2.24, 2.45) is 0 Å². The molecule has 110 valence electrons. The lowest BCUT2D eigenvalue weighted by atomic mass is 10.1. The van der Waals surface area contributed by atoms with Crippen molar-refractivity contribution in [3.8, 4) is 0 Å². The summed E-state index contributed by atoms with van der Waals surface area (Å²) in [6, 6.07) is 9.23. The van der Waals surface area contributed by atoms with E-state index in [2.05, 4.69) is 10.6 Å². The molecule has 6 heteroatoms. The average molecular weight is 296 g/mol. The molecule has 1 aromatic rings. The molecule has 1 heterocycles. The van der Waals surface area contributed by atoms with E-state index < -0.39 is 9.84 Å². The van der Waals surface area contributed by atoms with Crippen molar-refractivity contribution in [1.29, 1.82) is 0 Å². The minimum atomic E-state index is -3.08. The molecule has 2 atom stereocenters. The zero-order chi connectivity index (χ0) is 14.6. The predicted molar refractivity (Wildman–Crippen MR) is 77.9 cm³/mol. The molecule has 1 aliphatic rings. The van der Waals surface area contributed by atoms with Gasteiger partial charge in [-0.2, -0.15) is 0 Å². The van der Waals surface area contributed by atoms with Crippen LogP contribution in [0.15, 0.2) is 30.3 Å². The second-order valence-electron chi connectivity index (χ2n) is 5.08. The molecule has 0 spiro atoms. The van der Waals surface area contributed by atoms with Crippen molar-refractivity contribution in [3.05, 3.63) is 35.9 Å². The number of carbonyl (C=O) groups is 1. The lowest BCUT2D eigenvalue weighted by molar-refractivity contribution is -0.121. The van der Waals surface area contributed by atoms with Crippen molar-refractivity contribution >= 4 is 15.7 Å². The number of carbonyl (C=O) groups excluding carboxylic acids is 1. The maximum absolute atomic E-state index is 11.7. The van der Waals surface area contributed by atoms with Gasteiger partial charge in [0.05, 0.1) is 17.5 Å². The largest absolute Gasteiger partial charge is 0.351 e. The third kappa shape index (κ3) is 4.05. The van der Waals surface area contributed by atoms with Gasteiger partial charge in [0.2, 0.25) is 5.91 Å². The minimum absolute atomic E-state index is 0.0190. The number of hydrogen-bond donors (Lipinski definition) is 2. The molecule has 2 N–H and O–H groups in total. The van der Waals surface area contributed by atoms with Crippen molar-refractivity contribution < 1.29 is 13.2 Å². The molecule has 0 bridgehead atoms. The normalized spacial score (nSPS) is 24.4. The summed E-state index contributed by atoms with van der Waals surface area (Å²) in [5.74, 6) is -0.0155. The van der Waals surface area contributed by atoms with Crippen molar-refractivity contribution in [1.82, 2.24) is 10.6 Å². The Hall–Kier alpha value is -1.40. The van der Waals surface area contributed by atoms with E-state index >= 15 is 0 Å². The first-order valence-corrected chi connectivity index (χ1v) is 8.59. The van der Waals surface area contributed by atoms with Crippen LogP contribution in [-0.4, -0.2) is 37.9 Å². The number of benzene rings is 1. The summed E-state index contributed by atoms with van der Waals surface area (Å²) in [7, 11) is -3.08. The Balaban J connectivity index is 1.98. The molecule has 0 radical (unpaired) electrons. The Bertz CT molecular complexity index is 557.